The van der Waals surface area contributed by atoms with Gasteiger partial charge in [0.25, 0.3) is 0 Å². The molecular formula is C10H14N2O4S. The van der Waals surface area contributed by atoms with Gasteiger partial charge in [-0.05, 0) is 24.3 Å². The van der Waals surface area contributed by atoms with Gasteiger partial charge in [-0.2, -0.15) is 0 Å². The summed E-state index contributed by atoms with van der Waals surface area (Å²) in [7, 11) is -3.72. The molecule has 1 rings (SSSR count). The molecule has 0 saturated heterocycles. The Morgan fingerprint density at radius 2 is 1.94 bits per heavy atom. The van der Waals surface area contributed by atoms with Crippen LogP contribution >= 0.6 is 0 Å². The number of amides is 1. The van der Waals surface area contributed by atoms with Gasteiger partial charge >= 0.3 is 0 Å². The second-order valence-electron chi connectivity index (χ2n) is 3.47. The van der Waals surface area contributed by atoms with Crippen molar-refractivity contribution < 1.29 is 18.3 Å². The minimum Gasteiger partial charge on any atom is -0.394 e. The first kappa shape index (κ1) is 13.6. The van der Waals surface area contributed by atoms with E-state index < -0.39 is 21.8 Å². The summed E-state index contributed by atoms with van der Waals surface area (Å²) in [6.07, 6.45) is 0. The lowest BCUT2D eigenvalue weighted by Crippen LogP contribution is -2.34. The topological polar surface area (TPSA) is 109 Å². The Morgan fingerprint density at radius 1 is 1.41 bits per heavy atom. The molecule has 0 heterocycles. The number of carbonyl (C=O) groups excluding carboxylic acids is 1. The third-order valence-electron chi connectivity index (χ3n) is 2.08. The Morgan fingerprint density at radius 3 is 2.35 bits per heavy atom. The number of carbonyl (C=O) groups is 1. The fourth-order valence-corrected chi connectivity index (χ4v) is 2.27. The maximum absolute atomic E-state index is 11.7. The monoisotopic (exact) mass is 258 g/mol. The van der Waals surface area contributed by atoms with E-state index in [4.69, 9.17) is 10.8 Å². The van der Waals surface area contributed by atoms with Crippen LogP contribution in [-0.2, 0) is 14.6 Å². The molecule has 94 valence electrons. The summed E-state index contributed by atoms with van der Waals surface area (Å²) >= 11 is 0. The standard InChI is InChI=1S/C10H14N2O4S/c1-7(14)12-8-2-4-9(5-3-8)17(15,16)10(11)6-13/h2-5,10,13H,6,11H2,1H3,(H,12,14). The lowest BCUT2D eigenvalue weighted by Gasteiger charge is -2.10. The van der Waals surface area contributed by atoms with Crippen LogP contribution in [0, 0.1) is 0 Å². The predicted octanol–water partition coefficient (Wildman–Crippen LogP) is -0.304. The van der Waals surface area contributed by atoms with Crippen molar-refractivity contribution >= 4 is 21.4 Å². The highest BCUT2D eigenvalue weighted by molar-refractivity contribution is 7.92. The molecule has 1 aromatic rings. The third kappa shape index (κ3) is 3.26. The fourth-order valence-electron chi connectivity index (χ4n) is 1.20. The van der Waals surface area contributed by atoms with Crippen LogP contribution in [0.4, 0.5) is 5.69 Å². The van der Waals surface area contributed by atoms with Gasteiger partial charge in [0.1, 0.15) is 5.37 Å². The molecule has 0 fully saturated rings. The van der Waals surface area contributed by atoms with E-state index in [1.165, 1.54) is 31.2 Å². The Labute approximate surface area is 99.4 Å². The van der Waals surface area contributed by atoms with E-state index in [1.54, 1.807) is 0 Å². The molecule has 0 radical (unpaired) electrons. The van der Waals surface area contributed by atoms with Crippen LogP contribution in [0.2, 0.25) is 0 Å². The van der Waals surface area contributed by atoms with Crippen molar-refractivity contribution in [1.82, 2.24) is 0 Å². The first-order valence-corrected chi connectivity index (χ1v) is 6.40. The molecule has 0 aromatic heterocycles. The van der Waals surface area contributed by atoms with Gasteiger partial charge in [0.2, 0.25) is 5.91 Å². The zero-order valence-electron chi connectivity index (χ0n) is 9.25. The van der Waals surface area contributed by atoms with Crippen molar-refractivity contribution in [3.63, 3.8) is 0 Å². The largest absolute Gasteiger partial charge is 0.394 e. The Bertz CT molecular complexity index is 496. The summed E-state index contributed by atoms with van der Waals surface area (Å²) < 4.78 is 23.4. The molecule has 0 spiro atoms. The molecule has 1 amide bonds. The SMILES string of the molecule is CC(=O)Nc1ccc(S(=O)(=O)C(N)CO)cc1. The molecule has 17 heavy (non-hydrogen) atoms. The molecular weight excluding hydrogens is 244 g/mol. The number of nitrogens with one attached hydrogen (secondary N) is 1. The van der Waals surface area contributed by atoms with Gasteiger partial charge in [0.05, 0.1) is 11.5 Å². The number of rotatable bonds is 4. The van der Waals surface area contributed by atoms with E-state index in [9.17, 15) is 13.2 Å². The highest BCUT2D eigenvalue weighted by Crippen LogP contribution is 2.16. The first-order valence-electron chi connectivity index (χ1n) is 4.86. The van der Waals surface area contributed by atoms with Gasteiger partial charge in [0.15, 0.2) is 9.84 Å². The Hall–Kier alpha value is -1.44. The lowest BCUT2D eigenvalue weighted by molar-refractivity contribution is -0.114. The van der Waals surface area contributed by atoms with Crippen LogP contribution in [0.5, 0.6) is 0 Å². The van der Waals surface area contributed by atoms with E-state index in [2.05, 4.69) is 5.32 Å². The molecule has 0 bridgehead atoms. The second kappa shape index (κ2) is 5.26. The first-order chi connectivity index (χ1) is 7.87. The van der Waals surface area contributed by atoms with Gasteiger partial charge in [-0.1, -0.05) is 0 Å². The number of sulfone groups is 1. The number of hydrogen-bond donors (Lipinski definition) is 3. The quantitative estimate of drug-likeness (QED) is 0.686. The van der Waals surface area contributed by atoms with Gasteiger partial charge in [-0.15, -0.1) is 0 Å². The number of aliphatic hydroxyl groups is 1. The zero-order valence-corrected chi connectivity index (χ0v) is 10.1. The zero-order chi connectivity index (χ0) is 13.1. The molecule has 6 nitrogen and oxygen atoms in total. The van der Waals surface area contributed by atoms with E-state index in [0.29, 0.717) is 5.69 Å². The summed E-state index contributed by atoms with van der Waals surface area (Å²) in [6, 6.07) is 5.57. The Balaban J connectivity index is 2.99. The lowest BCUT2D eigenvalue weighted by atomic mass is 10.3. The second-order valence-corrected chi connectivity index (χ2v) is 5.64. The van der Waals surface area contributed by atoms with Crippen LogP contribution in [0.3, 0.4) is 0 Å². The van der Waals surface area contributed by atoms with E-state index >= 15 is 0 Å². The number of anilines is 1. The predicted molar refractivity (Wildman–Crippen MR) is 63.0 cm³/mol. The molecule has 1 unspecified atom stereocenters. The third-order valence-corrected chi connectivity index (χ3v) is 3.96. The van der Waals surface area contributed by atoms with Gasteiger partial charge in [0, 0.05) is 12.6 Å². The van der Waals surface area contributed by atoms with Gasteiger partial charge < -0.3 is 16.2 Å². The average Bonchev–Trinajstić information content (AvgIpc) is 2.27. The molecule has 0 aliphatic heterocycles. The summed E-state index contributed by atoms with van der Waals surface area (Å²) in [6.45, 7) is 0.710. The minimum atomic E-state index is -3.72. The molecule has 0 aliphatic carbocycles. The number of benzene rings is 1. The molecule has 4 N–H and O–H groups in total. The maximum Gasteiger partial charge on any atom is 0.221 e. The molecule has 1 aromatic carbocycles. The Kier molecular flexibility index (Phi) is 4.22. The van der Waals surface area contributed by atoms with E-state index in [1.807, 2.05) is 0 Å². The van der Waals surface area contributed by atoms with Crippen molar-refractivity contribution in [3.05, 3.63) is 24.3 Å². The number of hydrogen-bond acceptors (Lipinski definition) is 5. The minimum absolute atomic E-state index is 0.00755. The molecule has 0 aliphatic rings. The van der Waals surface area contributed by atoms with Crippen LogP contribution in [0.15, 0.2) is 29.2 Å². The summed E-state index contributed by atoms with van der Waals surface area (Å²) in [5, 5.41) is 9.92. The van der Waals surface area contributed by atoms with Gasteiger partial charge in [-0.25, -0.2) is 8.42 Å². The number of aliphatic hydroxyl groups excluding tert-OH is 1. The molecule has 7 heteroatoms. The van der Waals surface area contributed by atoms with Crippen LogP contribution in [-0.4, -0.2) is 31.4 Å². The smallest absolute Gasteiger partial charge is 0.221 e. The van der Waals surface area contributed by atoms with Crippen molar-refractivity contribution in [3.8, 4) is 0 Å². The van der Waals surface area contributed by atoms with Crippen molar-refractivity contribution in [1.29, 1.82) is 0 Å². The maximum atomic E-state index is 11.7. The van der Waals surface area contributed by atoms with Crippen molar-refractivity contribution in [2.75, 3.05) is 11.9 Å². The molecule has 1 atom stereocenters. The van der Waals surface area contributed by atoms with Crippen LogP contribution in [0.25, 0.3) is 0 Å². The average molecular weight is 258 g/mol. The highest BCUT2D eigenvalue weighted by atomic mass is 32.2. The van der Waals surface area contributed by atoms with Crippen molar-refractivity contribution in [2.45, 2.75) is 17.2 Å². The summed E-state index contributed by atoms with van der Waals surface area (Å²) in [5.74, 6) is -0.243. The van der Waals surface area contributed by atoms with E-state index in [-0.39, 0.29) is 10.8 Å². The highest BCUT2D eigenvalue weighted by Gasteiger charge is 2.22. The normalized spacial score (nSPS) is 13.1. The van der Waals surface area contributed by atoms with E-state index in [0.717, 1.165) is 0 Å². The summed E-state index contributed by atoms with van der Waals surface area (Å²) in [4.78, 5) is 10.8. The van der Waals surface area contributed by atoms with Crippen LogP contribution in [0.1, 0.15) is 6.92 Å². The number of nitrogens with two attached hydrogens (primary N) is 1. The van der Waals surface area contributed by atoms with Gasteiger partial charge in [-0.3, -0.25) is 4.79 Å². The molecule has 0 saturated carbocycles. The fraction of sp³-hybridized carbons (Fsp3) is 0.300. The van der Waals surface area contributed by atoms with Crippen molar-refractivity contribution in [2.24, 2.45) is 5.73 Å². The van der Waals surface area contributed by atoms with Crippen LogP contribution < -0.4 is 11.1 Å². The summed E-state index contributed by atoms with van der Waals surface area (Å²) in [5.41, 5.74) is 5.79.